The maximum atomic E-state index is 9.14. The minimum atomic E-state index is -0.400. The summed E-state index contributed by atoms with van der Waals surface area (Å²) in [7, 11) is 0. The summed E-state index contributed by atoms with van der Waals surface area (Å²) < 4.78 is 0. The molecule has 0 fully saturated rings. The highest BCUT2D eigenvalue weighted by molar-refractivity contribution is 6.21. The van der Waals surface area contributed by atoms with Gasteiger partial charge in [-0.25, -0.2) is 0 Å². The second-order valence-electron chi connectivity index (χ2n) is 2.14. The van der Waals surface area contributed by atoms with Gasteiger partial charge in [-0.3, -0.25) is 0 Å². The first-order valence-electron chi connectivity index (χ1n) is 2.87. The van der Waals surface area contributed by atoms with Crippen LogP contribution < -0.4 is 0 Å². The van der Waals surface area contributed by atoms with Crippen molar-refractivity contribution in [3.63, 3.8) is 0 Å². The first kappa shape index (κ1) is 4.88. The van der Waals surface area contributed by atoms with Crippen molar-refractivity contribution >= 4 is 11.9 Å². The molecule has 2 rings (SSSR count). The second-order valence-corrected chi connectivity index (χ2v) is 2.14. The molecule has 1 heterocycles. The Hall–Kier alpha value is -0.960. The summed E-state index contributed by atoms with van der Waals surface area (Å²) in [6, 6.07) is 0. The molecule has 2 aliphatic rings. The van der Waals surface area contributed by atoms with Crippen molar-refractivity contribution in [1.29, 1.82) is 0 Å². The van der Waals surface area contributed by atoms with Gasteiger partial charge < -0.3 is 5.11 Å². The van der Waals surface area contributed by atoms with Gasteiger partial charge in [-0.1, -0.05) is 6.08 Å². The monoisotopic (exact) mass is 122 g/mol. The van der Waals surface area contributed by atoms with E-state index in [-0.39, 0.29) is 0 Å². The largest absolute Gasteiger partial charge is 0.386 e. The van der Waals surface area contributed by atoms with Crippen LogP contribution in [0.25, 0.3) is 0 Å². The van der Waals surface area contributed by atoms with Crippen LogP contribution in [0.4, 0.5) is 0 Å². The number of aliphatic hydroxyl groups excluding tert-OH is 1. The number of aliphatic hydroxyl groups is 1. The molecule has 9 heavy (non-hydrogen) atoms. The average molecular weight is 122 g/mol. The van der Waals surface area contributed by atoms with Crippen molar-refractivity contribution in [3.8, 4) is 0 Å². The number of hydrogen-bond acceptors (Lipinski definition) is 3. The highest BCUT2D eigenvalue weighted by atomic mass is 16.3. The lowest BCUT2D eigenvalue weighted by Gasteiger charge is -1.97. The van der Waals surface area contributed by atoms with Crippen LogP contribution in [0.5, 0.6) is 0 Å². The third-order valence-corrected chi connectivity index (χ3v) is 1.53. The van der Waals surface area contributed by atoms with E-state index in [1.54, 1.807) is 6.21 Å². The predicted octanol–water partition coefficient (Wildman–Crippen LogP) is 0.118. The fourth-order valence-electron chi connectivity index (χ4n) is 1.04. The van der Waals surface area contributed by atoms with E-state index < -0.39 is 6.10 Å². The van der Waals surface area contributed by atoms with Crippen LogP contribution in [0, 0.1) is 0 Å². The first-order chi connectivity index (χ1) is 4.38. The Kier molecular flexibility index (Phi) is 0.818. The van der Waals surface area contributed by atoms with E-state index in [1.165, 1.54) is 0 Å². The molecule has 0 spiro atoms. The molecule has 3 nitrogen and oxygen atoms in total. The van der Waals surface area contributed by atoms with E-state index in [9.17, 15) is 0 Å². The van der Waals surface area contributed by atoms with Gasteiger partial charge in [0, 0.05) is 5.57 Å². The molecular weight excluding hydrogens is 116 g/mol. The Morgan fingerprint density at radius 1 is 1.67 bits per heavy atom. The molecule has 1 aliphatic heterocycles. The van der Waals surface area contributed by atoms with Crippen LogP contribution in [0.3, 0.4) is 0 Å². The van der Waals surface area contributed by atoms with Gasteiger partial charge in [0.25, 0.3) is 0 Å². The summed E-state index contributed by atoms with van der Waals surface area (Å²) in [5, 5.41) is 16.5. The van der Waals surface area contributed by atoms with E-state index in [0.29, 0.717) is 6.42 Å². The highest BCUT2D eigenvalue weighted by Crippen LogP contribution is 2.18. The molecule has 0 aromatic carbocycles. The minimum Gasteiger partial charge on any atom is -0.386 e. The Morgan fingerprint density at radius 2 is 2.56 bits per heavy atom. The summed E-state index contributed by atoms with van der Waals surface area (Å²) in [6.45, 7) is 0. The number of rotatable bonds is 0. The lowest BCUT2D eigenvalue weighted by molar-refractivity contribution is 0.250. The molecule has 1 atom stereocenters. The van der Waals surface area contributed by atoms with Crippen LogP contribution >= 0.6 is 0 Å². The normalized spacial score (nSPS) is 30.1. The van der Waals surface area contributed by atoms with Gasteiger partial charge >= 0.3 is 0 Å². The van der Waals surface area contributed by atoms with Crippen LogP contribution in [0.1, 0.15) is 6.42 Å². The number of nitrogens with zero attached hydrogens (tertiary/aromatic N) is 2. The molecule has 1 aliphatic carbocycles. The Labute approximate surface area is 52.4 Å². The van der Waals surface area contributed by atoms with Crippen molar-refractivity contribution in [1.82, 2.24) is 0 Å². The Balaban J connectivity index is 2.42. The third-order valence-electron chi connectivity index (χ3n) is 1.53. The molecule has 0 saturated heterocycles. The molecule has 1 N–H and O–H groups in total. The van der Waals surface area contributed by atoms with Crippen LogP contribution in [0.2, 0.25) is 0 Å². The molecule has 0 bridgehead atoms. The van der Waals surface area contributed by atoms with E-state index in [4.69, 9.17) is 5.11 Å². The molecule has 0 aromatic heterocycles. The summed E-state index contributed by atoms with van der Waals surface area (Å²) in [5.41, 5.74) is 1.72. The van der Waals surface area contributed by atoms with Gasteiger partial charge in [0.15, 0.2) is 0 Å². The maximum Gasteiger partial charge on any atom is 0.102 e. The lowest BCUT2D eigenvalue weighted by Crippen LogP contribution is -2.13. The predicted molar refractivity (Wildman–Crippen MR) is 34.6 cm³/mol. The zero-order valence-electron chi connectivity index (χ0n) is 4.78. The molecule has 0 amide bonds. The first-order valence-corrected chi connectivity index (χ1v) is 2.87. The van der Waals surface area contributed by atoms with Crippen LogP contribution in [-0.4, -0.2) is 23.1 Å². The maximum absolute atomic E-state index is 9.14. The Bertz CT molecular complexity index is 227. The van der Waals surface area contributed by atoms with E-state index >= 15 is 0 Å². The quantitative estimate of drug-likeness (QED) is 0.487. The average Bonchev–Trinajstić information content (AvgIpc) is 2.35. The van der Waals surface area contributed by atoms with Gasteiger partial charge in [0.1, 0.15) is 11.8 Å². The van der Waals surface area contributed by atoms with Crippen molar-refractivity contribution in [2.45, 2.75) is 12.5 Å². The van der Waals surface area contributed by atoms with Crippen molar-refractivity contribution in [3.05, 3.63) is 11.6 Å². The Morgan fingerprint density at radius 3 is 3.33 bits per heavy atom. The number of hydrogen-bond donors (Lipinski definition) is 1. The zero-order chi connectivity index (χ0) is 6.27. The highest BCUT2D eigenvalue weighted by Gasteiger charge is 2.23. The summed E-state index contributed by atoms with van der Waals surface area (Å²) in [5.74, 6) is 0. The fourth-order valence-corrected chi connectivity index (χ4v) is 1.04. The van der Waals surface area contributed by atoms with Gasteiger partial charge in [0.2, 0.25) is 0 Å². The van der Waals surface area contributed by atoms with E-state index in [0.717, 1.165) is 11.3 Å². The van der Waals surface area contributed by atoms with Crippen molar-refractivity contribution < 1.29 is 5.11 Å². The molecular formula is C6H6N2O. The fraction of sp³-hybridized carbons (Fsp3) is 0.333. The summed E-state index contributed by atoms with van der Waals surface area (Å²) in [6.07, 6.45) is 3.91. The van der Waals surface area contributed by atoms with Gasteiger partial charge in [-0.15, -0.1) is 0 Å². The van der Waals surface area contributed by atoms with Gasteiger partial charge in [-0.05, 0) is 6.42 Å². The lowest BCUT2D eigenvalue weighted by atomic mass is 10.2. The molecule has 3 heteroatoms. The topological polar surface area (TPSA) is 45.0 Å². The van der Waals surface area contributed by atoms with Crippen LogP contribution in [-0.2, 0) is 0 Å². The van der Waals surface area contributed by atoms with Crippen molar-refractivity contribution in [2.24, 2.45) is 10.2 Å². The van der Waals surface area contributed by atoms with Gasteiger partial charge in [-0.2, -0.15) is 10.2 Å². The smallest absolute Gasteiger partial charge is 0.102 e. The summed E-state index contributed by atoms with van der Waals surface area (Å²) in [4.78, 5) is 0. The van der Waals surface area contributed by atoms with Crippen molar-refractivity contribution in [2.75, 3.05) is 0 Å². The standard InChI is InChI=1S/C6H6N2O/c9-5-2-1-4-3-7-8-6(4)5/h1,3,5,9H,2H2. The molecule has 0 aromatic rings. The number of fused-ring (bicyclic) bond motifs is 1. The third kappa shape index (κ3) is 0.549. The van der Waals surface area contributed by atoms with E-state index in [1.807, 2.05) is 6.08 Å². The molecule has 46 valence electrons. The van der Waals surface area contributed by atoms with Gasteiger partial charge in [0.05, 0.1) is 6.21 Å². The molecule has 1 unspecified atom stereocenters. The molecule has 0 radical (unpaired) electrons. The van der Waals surface area contributed by atoms with Crippen LogP contribution in [0.15, 0.2) is 21.9 Å². The summed E-state index contributed by atoms with van der Waals surface area (Å²) >= 11 is 0. The van der Waals surface area contributed by atoms with E-state index in [2.05, 4.69) is 10.2 Å². The zero-order valence-corrected chi connectivity index (χ0v) is 4.78. The molecule has 0 saturated carbocycles. The second kappa shape index (κ2) is 1.51. The minimum absolute atomic E-state index is 0.400. The SMILES string of the molecule is OC1CC=C2C=NN=C21.